The lowest BCUT2D eigenvalue weighted by atomic mass is 9.86. The van der Waals surface area contributed by atoms with Gasteiger partial charge in [0, 0.05) is 37.0 Å². The molecule has 2 aromatic heterocycles. The molecule has 0 atom stereocenters. The fourth-order valence-corrected chi connectivity index (χ4v) is 5.14. The van der Waals surface area contributed by atoms with Crippen LogP contribution in [0.15, 0.2) is 48.7 Å². The summed E-state index contributed by atoms with van der Waals surface area (Å²) in [4.78, 5) is 28.1. The molecule has 0 aliphatic heterocycles. The van der Waals surface area contributed by atoms with Crippen LogP contribution in [0.2, 0.25) is 0 Å². The molecule has 0 radical (unpaired) electrons. The van der Waals surface area contributed by atoms with Gasteiger partial charge in [0.2, 0.25) is 5.95 Å². The summed E-state index contributed by atoms with van der Waals surface area (Å²) >= 11 is 0. The first-order valence-electron chi connectivity index (χ1n) is 14.1. The number of hydrogen-bond donors (Lipinski definition) is 4. The molecule has 1 aliphatic rings. The van der Waals surface area contributed by atoms with E-state index in [0.29, 0.717) is 63.6 Å². The predicted molar refractivity (Wildman–Crippen MR) is 161 cm³/mol. The number of aromatic amines is 1. The number of aromatic nitrogens is 3. The van der Waals surface area contributed by atoms with Gasteiger partial charge in [-0.25, -0.2) is 4.39 Å². The van der Waals surface area contributed by atoms with Gasteiger partial charge in [0.1, 0.15) is 35.4 Å². The van der Waals surface area contributed by atoms with Gasteiger partial charge < -0.3 is 35.1 Å². The second kappa shape index (κ2) is 13.2. The Morgan fingerprint density at radius 1 is 1.12 bits per heavy atom. The second-order valence-electron chi connectivity index (χ2n) is 10.8. The van der Waals surface area contributed by atoms with Crippen molar-refractivity contribution in [2.45, 2.75) is 31.7 Å². The Bertz CT molecular complexity index is 1520. The zero-order valence-electron chi connectivity index (χ0n) is 24.1. The van der Waals surface area contributed by atoms with Gasteiger partial charge in [0.15, 0.2) is 5.78 Å². The number of carbonyl (C=O) groups excluding carboxylic acids is 1. The van der Waals surface area contributed by atoms with Gasteiger partial charge in [-0.2, -0.15) is 9.97 Å². The number of carbonyl (C=O) groups is 1. The van der Waals surface area contributed by atoms with Crippen molar-refractivity contribution in [1.82, 2.24) is 19.9 Å². The number of halogens is 1. The van der Waals surface area contributed by atoms with Gasteiger partial charge in [0.25, 0.3) is 0 Å². The van der Waals surface area contributed by atoms with Crippen LogP contribution in [-0.2, 0) is 0 Å². The summed E-state index contributed by atoms with van der Waals surface area (Å²) in [7, 11) is 5.56. The first kappa shape index (κ1) is 29.3. The third-order valence-corrected chi connectivity index (χ3v) is 7.56. The molecule has 0 amide bonds. The topological polar surface area (TPSA) is 125 Å². The SMILES string of the molecule is COc1cc(OCCN(C)C)ccc1Nc1nc(NC2CCC(CO)CC2)c2c(C(=O)c3ccc(F)cc3)c[nH]c2n1. The largest absolute Gasteiger partial charge is 0.494 e. The average molecular weight is 577 g/mol. The maximum atomic E-state index is 13.5. The van der Waals surface area contributed by atoms with E-state index in [1.165, 1.54) is 24.3 Å². The first-order valence-corrected chi connectivity index (χ1v) is 14.1. The number of benzene rings is 2. The Balaban J connectivity index is 1.46. The zero-order chi connectivity index (χ0) is 29.6. The summed E-state index contributed by atoms with van der Waals surface area (Å²) in [6.07, 6.45) is 5.16. The number of aliphatic hydroxyl groups is 1. The summed E-state index contributed by atoms with van der Waals surface area (Å²) in [6.45, 7) is 1.52. The van der Waals surface area contributed by atoms with E-state index in [9.17, 15) is 14.3 Å². The van der Waals surface area contributed by atoms with E-state index in [-0.39, 0.29) is 18.4 Å². The minimum absolute atomic E-state index is 0.121. The molecule has 10 nitrogen and oxygen atoms in total. The van der Waals surface area contributed by atoms with Crippen molar-refractivity contribution in [2.24, 2.45) is 5.92 Å². The highest BCUT2D eigenvalue weighted by atomic mass is 19.1. The minimum Gasteiger partial charge on any atom is -0.494 e. The zero-order valence-corrected chi connectivity index (χ0v) is 24.1. The van der Waals surface area contributed by atoms with Gasteiger partial charge >= 0.3 is 0 Å². The summed E-state index contributed by atoms with van der Waals surface area (Å²) in [6, 6.07) is 11.1. The molecule has 0 bridgehead atoms. The van der Waals surface area contributed by atoms with Crippen LogP contribution in [0, 0.1) is 11.7 Å². The lowest BCUT2D eigenvalue weighted by Crippen LogP contribution is -2.28. The number of ether oxygens (including phenoxy) is 2. The molecule has 1 fully saturated rings. The Morgan fingerprint density at radius 2 is 1.88 bits per heavy atom. The smallest absolute Gasteiger partial charge is 0.231 e. The fourth-order valence-electron chi connectivity index (χ4n) is 5.14. The van der Waals surface area contributed by atoms with Crippen LogP contribution >= 0.6 is 0 Å². The number of aliphatic hydroxyl groups excluding tert-OH is 1. The van der Waals surface area contributed by atoms with Crippen LogP contribution in [0.4, 0.5) is 21.8 Å². The second-order valence-corrected chi connectivity index (χ2v) is 10.8. The highest BCUT2D eigenvalue weighted by molar-refractivity contribution is 6.18. The van der Waals surface area contributed by atoms with E-state index in [1.807, 2.05) is 37.2 Å². The summed E-state index contributed by atoms with van der Waals surface area (Å²) in [5, 5.41) is 16.9. The van der Waals surface area contributed by atoms with Crippen molar-refractivity contribution >= 4 is 34.3 Å². The van der Waals surface area contributed by atoms with Crippen molar-refractivity contribution in [1.29, 1.82) is 0 Å². The van der Waals surface area contributed by atoms with Crippen molar-refractivity contribution in [3.63, 3.8) is 0 Å². The number of fused-ring (bicyclic) bond motifs is 1. The molecule has 4 N–H and O–H groups in total. The maximum Gasteiger partial charge on any atom is 0.231 e. The number of hydrogen-bond acceptors (Lipinski definition) is 9. The fraction of sp³-hybridized carbons (Fsp3) is 0.387. The van der Waals surface area contributed by atoms with Crippen molar-refractivity contribution in [2.75, 3.05) is 51.6 Å². The van der Waals surface area contributed by atoms with Gasteiger partial charge in [0.05, 0.1) is 23.7 Å². The third-order valence-electron chi connectivity index (χ3n) is 7.56. The molecule has 4 aromatic rings. The number of H-pyrrole nitrogens is 1. The van der Waals surface area contributed by atoms with Crippen LogP contribution in [0.1, 0.15) is 41.6 Å². The lowest BCUT2D eigenvalue weighted by molar-refractivity contribution is 0.104. The Labute approximate surface area is 244 Å². The van der Waals surface area contributed by atoms with Crippen molar-refractivity contribution < 1.29 is 23.8 Å². The van der Waals surface area contributed by atoms with E-state index < -0.39 is 5.82 Å². The normalized spacial score (nSPS) is 16.9. The number of anilines is 3. The molecular weight excluding hydrogens is 539 g/mol. The number of nitrogens with one attached hydrogen (secondary N) is 3. The molecule has 2 aromatic carbocycles. The highest BCUT2D eigenvalue weighted by Crippen LogP contribution is 2.34. The molecular formula is C31H37FN6O4. The monoisotopic (exact) mass is 576 g/mol. The molecule has 5 rings (SSSR count). The summed E-state index contributed by atoms with van der Waals surface area (Å²) in [5.74, 6) is 1.72. The van der Waals surface area contributed by atoms with Gasteiger partial charge in [-0.15, -0.1) is 0 Å². The molecule has 11 heteroatoms. The molecule has 1 aliphatic carbocycles. The Hall–Kier alpha value is -4.22. The molecule has 0 saturated heterocycles. The molecule has 0 unspecified atom stereocenters. The average Bonchev–Trinajstić information content (AvgIpc) is 3.42. The first-order chi connectivity index (χ1) is 20.3. The van der Waals surface area contributed by atoms with Gasteiger partial charge in [-0.3, -0.25) is 4.79 Å². The third kappa shape index (κ3) is 6.80. The number of likely N-dealkylation sites (N-methyl/N-ethyl adjacent to an activating group) is 1. The molecule has 1 saturated carbocycles. The highest BCUT2D eigenvalue weighted by Gasteiger charge is 2.25. The summed E-state index contributed by atoms with van der Waals surface area (Å²) in [5.41, 5.74) is 1.89. The molecule has 2 heterocycles. The van der Waals surface area contributed by atoms with E-state index in [0.717, 1.165) is 32.2 Å². The van der Waals surface area contributed by atoms with Crippen molar-refractivity contribution in [3.8, 4) is 11.5 Å². The maximum absolute atomic E-state index is 13.5. The number of methoxy groups -OCH3 is 1. The Morgan fingerprint density at radius 3 is 2.57 bits per heavy atom. The van der Waals surface area contributed by atoms with E-state index >= 15 is 0 Å². The standard InChI is InChI=1S/C31H37FN6O4/c1-38(2)14-15-42-23-12-13-25(26(16-23)41-3)35-31-36-29-27(30(37-31)34-22-10-4-19(18-39)5-11-22)24(17-33-29)28(40)20-6-8-21(32)9-7-20/h6-9,12-13,16-17,19,22,39H,4-5,10-11,14-15,18H2,1-3H3,(H3,33,34,35,36,37). The summed E-state index contributed by atoms with van der Waals surface area (Å²) < 4.78 is 25.0. The number of nitrogens with zero attached hydrogens (tertiary/aromatic N) is 3. The van der Waals surface area contributed by atoms with E-state index in [2.05, 4.69) is 20.6 Å². The predicted octanol–water partition coefficient (Wildman–Crippen LogP) is 4.98. The van der Waals surface area contributed by atoms with Crippen LogP contribution < -0.4 is 20.1 Å². The number of ketones is 1. The Kier molecular flexibility index (Phi) is 9.19. The van der Waals surface area contributed by atoms with Gasteiger partial charge in [-0.05, 0) is 82.1 Å². The van der Waals surface area contributed by atoms with Crippen LogP contribution in [0.5, 0.6) is 11.5 Å². The van der Waals surface area contributed by atoms with Gasteiger partial charge in [-0.1, -0.05) is 0 Å². The van der Waals surface area contributed by atoms with E-state index in [4.69, 9.17) is 14.5 Å². The van der Waals surface area contributed by atoms with E-state index in [1.54, 1.807) is 13.3 Å². The molecule has 0 spiro atoms. The van der Waals surface area contributed by atoms with Crippen LogP contribution in [0.25, 0.3) is 11.0 Å². The minimum atomic E-state index is -0.408. The van der Waals surface area contributed by atoms with Crippen molar-refractivity contribution in [3.05, 3.63) is 65.6 Å². The molecule has 222 valence electrons. The van der Waals surface area contributed by atoms with Crippen LogP contribution in [0.3, 0.4) is 0 Å². The molecule has 42 heavy (non-hydrogen) atoms. The van der Waals surface area contributed by atoms with Crippen LogP contribution in [-0.4, -0.2) is 77.7 Å². The quantitative estimate of drug-likeness (QED) is 0.173. The number of rotatable bonds is 12. The lowest BCUT2D eigenvalue weighted by Gasteiger charge is -2.28.